The Kier molecular flexibility index (Phi) is 5.89. The summed E-state index contributed by atoms with van der Waals surface area (Å²) in [5, 5.41) is 4.13. The van der Waals surface area contributed by atoms with Crippen molar-refractivity contribution in [2.75, 3.05) is 42.3 Å². The van der Waals surface area contributed by atoms with E-state index in [9.17, 15) is 13.2 Å². The fourth-order valence-electron chi connectivity index (χ4n) is 4.96. The molecule has 0 radical (unpaired) electrons. The number of aryl methyl sites for hydroxylation is 1. The number of rotatable bonds is 4. The van der Waals surface area contributed by atoms with Crippen molar-refractivity contribution < 1.29 is 22.6 Å². The van der Waals surface area contributed by atoms with Crippen LogP contribution in [-0.4, -0.2) is 41.9 Å². The van der Waals surface area contributed by atoms with E-state index in [1.807, 2.05) is 6.07 Å². The second-order valence-electron chi connectivity index (χ2n) is 10.1. The lowest BCUT2D eigenvalue weighted by molar-refractivity contribution is -0.137. The van der Waals surface area contributed by atoms with Crippen molar-refractivity contribution >= 4 is 28.1 Å². The first kappa shape index (κ1) is 24.4. The maximum Gasteiger partial charge on any atom is 0.416 e. The van der Waals surface area contributed by atoms with Crippen molar-refractivity contribution in [3.8, 4) is 5.75 Å². The topological polar surface area (TPSA) is 85.5 Å². The van der Waals surface area contributed by atoms with Crippen molar-refractivity contribution in [1.82, 2.24) is 9.97 Å². The fraction of sp³-hybridized carbons (Fsp3) is 0.462. The molecule has 1 saturated heterocycles. The van der Waals surface area contributed by atoms with Gasteiger partial charge in [-0.2, -0.15) is 13.2 Å². The largest absolute Gasteiger partial charge is 0.485 e. The van der Waals surface area contributed by atoms with Crippen LogP contribution >= 0.6 is 0 Å². The molecule has 1 aromatic heterocycles. The Bertz CT molecular complexity index is 1320. The van der Waals surface area contributed by atoms with Gasteiger partial charge in [0.1, 0.15) is 23.0 Å². The summed E-state index contributed by atoms with van der Waals surface area (Å²) in [5.74, 6) is 1.95. The van der Waals surface area contributed by atoms with Crippen LogP contribution in [0, 0.1) is 6.92 Å². The molecule has 0 spiro atoms. The Morgan fingerprint density at radius 2 is 1.83 bits per heavy atom. The number of hydrogen-bond acceptors (Lipinski definition) is 7. The number of nitrogens with zero attached hydrogens (tertiary/aromatic N) is 3. The highest BCUT2D eigenvalue weighted by atomic mass is 19.4. The summed E-state index contributed by atoms with van der Waals surface area (Å²) in [6.45, 7) is 10.4. The molecular weight excluding hydrogens is 471 g/mol. The van der Waals surface area contributed by atoms with Gasteiger partial charge in [-0.1, -0.05) is 0 Å². The Balaban J connectivity index is 1.61. The molecule has 10 heteroatoms. The molecule has 0 saturated carbocycles. The first-order valence-electron chi connectivity index (χ1n) is 12.0. The van der Waals surface area contributed by atoms with Gasteiger partial charge in [-0.25, -0.2) is 9.97 Å². The molecule has 0 aliphatic carbocycles. The molecule has 0 unspecified atom stereocenters. The van der Waals surface area contributed by atoms with Gasteiger partial charge in [0.05, 0.1) is 36.0 Å². The lowest BCUT2D eigenvalue weighted by Gasteiger charge is -2.31. The van der Waals surface area contributed by atoms with E-state index in [4.69, 9.17) is 20.2 Å². The number of alkyl halides is 3. The van der Waals surface area contributed by atoms with Crippen LogP contribution in [0.1, 0.15) is 49.3 Å². The van der Waals surface area contributed by atoms with Crippen LogP contribution in [0.25, 0.3) is 10.9 Å². The highest BCUT2D eigenvalue weighted by Gasteiger charge is 2.36. The highest BCUT2D eigenvalue weighted by Crippen LogP contribution is 2.47. The molecule has 0 bridgehead atoms. The maximum absolute atomic E-state index is 13.4. The number of nitrogen functional groups attached to an aromatic ring is 1. The standard InChI is InChI=1S/C26H30F3N5O2/c1-14(16-9-17(26(27,28)29)11-18(30)10-16)31-24-19-12-21(34-5-7-35-8-6-34)23-20(13-25(3,4)36-23)22(19)32-15(2)33-24/h9-12,14H,5-8,13,30H2,1-4H3,(H,31,32,33)/t14-/m1/s1. The van der Waals surface area contributed by atoms with Gasteiger partial charge in [0.15, 0.2) is 0 Å². The van der Waals surface area contributed by atoms with Crippen molar-refractivity contribution in [3.63, 3.8) is 0 Å². The second kappa shape index (κ2) is 8.69. The Morgan fingerprint density at radius 1 is 1.11 bits per heavy atom. The lowest BCUT2D eigenvalue weighted by atomic mass is 9.98. The Labute approximate surface area is 207 Å². The predicted molar refractivity (Wildman–Crippen MR) is 134 cm³/mol. The van der Waals surface area contributed by atoms with Crippen molar-refractivity contribution in [3.05, 3.63) is 46.8 Å². The van der Waals surface area contributed by atoms with E-state index in [1.165, 1.54) is 0 Å². The second-order valence-corrected chi connectivity index (χ2v) is 10.1. The van der Waals surface area contributed by atoms with Gasteiger partial charge in [-0.15, -0.1) is 0 Å². The molecule has 36 heavy (non-hydrogen) atoms. The normalized spacial score (nSPS) is 18.1. The van der Waals surface area contributed by atoms with E-state index in [-0.39, 0.29) is 11.3 Å². The van der Waals surface area contributed by atoms with Gasteiger partial charge in [0.2, 0.25) is 0 Å². The van der Waals surface area contributed by atoms with Crippen LogP contribution in [0.5, 0.6) is 5.75 Å². The monoisotopic (exact) mass is 501 g/mol. The van der Waals surface area contributed by atoms with Crippen LogP contribution in [0.4, 0.5) is 30.4 Å². The Hall–Kier alpha value is -3.27. The number of halogens is 3. The summed E-state index contributed by atoms with van der Waals surface area (Å²) in [5.41, 5.74) is 7.89. The van der Waals surface area contributed by atoms with E-state index in [1.54, 1.807) is 19.9 Å². The van der Waals surface area contributed by atoms with E-state index in [0.29, 0.717) is 36.8 Å². The molecule has 0 amide bonds. The molecule has 5 rings (SSSR count). The number of nitrogens with two attached hydrogens (primary N) is 1. The van der Waals surface area contributed by atoms with Crippen LogP contribution in [0.2, 0.25) is 0 Å². The average Bonchev–Trinajstić information content (AvgIpc) is 3.13. The van der Waals surface area contributed by atoms with E-state index in [2.05, 4.69) is 29.0 Å². The number of ether oxygens (including phenoxy) is 2. The molecule has 2 aliphatic rings. The van der Waals surface area contributed by atoms with Gasteiger partial charge in [-0.3, -0.25) is 0 Å². The third kappa shape index (κ3) is 4.61. The van der Waals surface area contributed by atoms with E-state index < -0.39 is 17.8 Å². The quantitative estimate of drug-likeness (QED) is 0.472. The summed E-state index contributed by atoms with van der Waals surface area (Å²) in [7, 11) is 0. The minimum Gasteiger partial charge on any atom is -0.485 e. The molecule has 3 N–H and O–H groups in total. The van der Waals surface area contributed by atoms with Gasteiger partial charge in [0.25, 0.3) is 0 Å². The lowest BCUT2D eigenvalue weighted by Crippen LogP contribution is -2.36. The first-order valence-corrected chi connectivity index (χ1v) is 12.0. The summed E-state index contributed by atoms with van der Waals surface area (Å²) in [6, 6.07) is 5.16. The molecule has 192 valence electrons. The predicted octanol–water partition coefficient (Wildman–Crippen LogP) is 5.26. The molecule has 1 atom stereocenters. The number of hydrogen-bond donors (Lipinski definition) is 2. The third-order valence-electron chi connectivity index (χ3n) is 6.62. The molecule has 3 heterocycles. The molecule has 7 nitrogen and oxygen atoms in total. The van der Waals surface area contributed by atoms with E-state index >= 15 is 0 Å². The molecular formula is C26H30F3N5O2. The number of fused-ring (bicyclic) bond motifs is 3. The SMILES string of the molecule is Cc1nc(N[C@H](C)c2cc(N)cc(C(F)(F)F)c2)c2cc(N3CCOCC3)c3c(c2n1)CC(C)(C)O3. The zero-order valence-corrected chi connectivity index (χ0v) is 20.8. The summed E-state index contributed by atoms with van der Waals surface area (Å²) >= 11 is 0. The molecule has 3 aromatic rings. The third-order valence-corrected chi connectivity index (χ3v) is 6.62. The van der Waals surface area contributed by atoms with Crippen LogP contribution < -0.4 is 20.7 Å². The van der Waals surface area contributed by atoms with Gasteiger partial charge in [0, 0.05) is 36.1 Å². The van der Waals surface area contributed by atoms with Gasteiger partial charge in [-0.05, 0) is 57.5 Å². The minimum absolute atomic E-state index is 0.0593. The van der Waals surface area contributed by atoms with Crippen molar-refractivity contribution in [2.24, 2.45) is 0 Å². The minimum atomic E-state index is -4.48. The zero-order chi connectivity index (χ0) is 25.8. The zero-order valence-electron chi connectivity index (χ0n) is 20.8. The maximum atomic E-state index is 13.4. The Morgan fingerprint density at radius 3 is 2.53 bits per heavy atom. The van der Waals surface area contributed by atoms with Gasteiger partial charge < -0.3 is 25.4 Å². The smallest absolute Gasteiger partial charge is 0.416 e. The number of aromatic nitrogens is 2. The van der Waals surface area contributed by atoms with Crippen molar-refractivity contribution in [1.29, 1.82) is 0 Å². The average molecular weight is 502 g/mol. The van der Waals surface area contributed by atoms with Gasteiger partial charge >= 0.3 is 6.18 Å². The highest BCUT2D eigenvalue weighted by molar-refractivity contribution is 5.97. The number of nitrogens with one attached hydrogen (secondary N) is 1. The molecule has 2 aromatic carbocycles. The van der Waals surface area contributed by atoms with Crippen molar-refractivity contribution in [2.45, 2.75) is 51.9 Å². The number of benzene rings is 2. The summed E-state index contributed by atoms with van der Waals surface area (Å²) in [4.78, 5) is 11.6. The van der Waals surface area contributed by atoms with Crippen LogP contribution in [0.15, 0.2) is 24.3 Å². The summed E-state index contributed by atoms with van der Waals surface area (Å²) < 4.78 is 52.1. The van der Waals surface area contributed by atoms with E-state index in [0.717, 1.165) is 53.1 Å². The number of anilines is 3. The number of morpholine rings is 1. The fourth-order valence-corrected chi connectivity index (χ4v) is 4.96. The van der Waals surface area contributed by atoms with Crippen LogP contribution in [0.3, 0.4) is 0 Å². The first-order chi connectivity index (χ1) is 16.9. The summed E-state index contributed by atoms with van der Waals surface area (Å²) in [6.07, 6.45) is -3.80. The molecule has 2 aliphatic heterocycles. The van der Waals surface area contributed by atoms with Crippen LogP contribution in [-0.2, 0) is 17.3 Å². The molecule has 1 fully saturated rings.